The Kier molecular flexibility index (Phi) is 4.32. The van der Waals surface area contributed by atoms with Crippen LogP contribution in [0, 0.1) is 5.92 Å². The average Bonchev–Trinajstić information content (AvgIpc) is 2.38. The summed E-state index contributed by atoms with van der Waals surface area (Å²) in [6, 6.07) is 5.91. The largest absolute Gasteiger partial charge is 0.370 e. The van der Waals surface area contributed by atoms with Crippen molar-refractivity contribution in [1.29, 1.82) is 0 Å². The Morgan fingerprint density at radius 2 is 2.05 bits per heavy atom. The molecule has 0 aliphatic carbocycles. The first kappa shape index (κ1) is 14.2. The number of rotatable bonds is 3. The van der Waals surface area contributed by atoms with Crippen molar-refractivity contribution in [3.8, 4) is 0 Å². The van der Waals surface area contributed by atoms with Crippen molar-refractivity contribution in [2.24, 2.45) is 17.4 Å². The fourth-order valence-electron chi connectivity index (χ4n) is 2.47. The van der Waals surface area contributed by atoms with Crippen LogP contribution in [-0.4, -0.2) is 19.0 Å². The summed E-state index contributed by atoms with van der Waals surface area (Å²) in [5.41, 5.74) is 13.2. The maximum atomic E-state index is 11.1. The minimum Gasteiger partial charge on any atom is -0.370 e. The molecule has 1 aromatic rings. The van der Waals surface area contributed by atoms with E-state index in [2.05, 4.69) is 4.90 Å². The van der Waals surface area contributed by atoms with Gasteiger partial charge in [0, 0.05) is 25.0 Å². The van der Waals surface area contributed by atoms with Crippen molar-refractivity contribution in [3.05, 3.63) is 28.8 Å². The van der Waals surface area contributed by atoms with Crippen LogP contribution < -0.4 is 16.4 Å². The number of piperidine rings is 1. The van der Waals surface area contributed by atoms with Crippen LogP contribution in [0.2, 0.25) is 5.02 Å². The predicted octanol–water partition coefficient (Wildman–Crippen LogP) is 2.06. The van der Waals surface area contributed by atoms with Gasteiger partial charge in [-0.3, -0.25) is 4.79 Å². The first-order chi connectivity index (χ1) is 8.99. The summed E-state index contributed by atoms with van der Waals surface area (Å²) >= 11 is 6.32. The normalized spacial score (nSPS) is 18.4. The smallest absolute Gasteiger partial charge is 0.220 e. The number of amides is 1. The molecule has 1 atom stereocenters. The van der Waals surface area contributed by atoms with Crippen LogP contribution in [0.1, 0.15) is 31.4 Å². The van der Waals surface area contributed by atoms with E-state index in [0.717, 1.165) is 37.2 Å². The molecule has 1 aliphatic rings. The van der Waals surface area contributed by atoms with E-state index in [9.17, 15) is 4.79 Å². The summed E-state index contributed by atoms with van der Waals surface area (Å²) in [5.74, 6) is -0.198. The molecule has 1 fully saturated rings. The number of carbonyl (C=O) groups is 1. The highest BCUT2D eigenvalue weighted by Crippen LogP contribution is 2.31. The molecule has 1 saturated heterocycles. The molecule has 0 radical (unpaired) electrons. The lowest BCUT2D eigenvalue weighted by Crippen LogP contribution is -2.38. The van der Waals surface area contributed by atoms with Crippen molar-refractivity contribution < 1.29 is 4.79 Å². The molecule has 5 heteroatoms. The summed E-state index contributed by atoms with van der Waals surface area (Å²) in [6.07, 6.45) is 1.58. The Labute approximate surface area is 118 Å². The predicted molar refractivity (Wildman–Crippen MR) is 78.2 cm³/mol. The molecular weight excluding hydrogens is 262 g/mol. The highest BCUT2D eigenvalue weighted by Gasteiger charge is 2.24. The number of carbonyl (C=O) groups excluding carboxylic acids is 1. The maximum absolute atomic E-state index is 11.1. The maximum Gasteiger partial charge on any atom is 0.220 e. The number of nitrogens with zero attached hydrogens (tertiary/aromatic N) is 1. The third kappa shape index (κ3) is 3.19. The second kappa shape index (κ2) is 5.80. The SMILES string of the molecule is C[C@@H](N)c1ccc(N2CCC(C(N)=O)CC2)c(Cl)c1. The summed E-state index contributed by atoms with van der Waals surface area (Å²) < 4.78 is 0. The third-order valence-corrected chi connectivity index (χ3v) is 4.04. The van der Waals surface area contributed by atoms with Gasteiger partial charge in [-0.05, 0) is 37.5 Å². The van der Waals surface area contributed by atoms with Gasteiger partial charge in [-0.15, -0.1) is 0 Å². The minimum absolute atomic E-state index is 0.00152. The standard InChI is InChI=1S/C14H20ClN3O/c1-9(16)11-2-3-13(12(15)8-11)18-6-4-10(5-7-18)14(17)19/h2-3,8-10H,4-7,16H2,1H3,(H2,17,19)/t9-/m1/s1. The zero-order chi connectivity index (χ0) is 14.0. The molecule has 0 unspecified atom stereocenters. The van der Waals surface area contributed by atoms with Crippen LogP contribution >= 0.6 is 11.6 Å². The van der Waals surface area contributed by atoms with E-state index >= 15 is 0 Å². The topological polar surface area (TPSA) is 72.3 Å². The molecule has 0 saturated carbocycles. The van der Waals surface area contributed by atoms with E-state index in [-0.39, 0.29) is 17.9 Å². The lowest BCUT2D eigenvalue weighted by Gasteiger charge is -2.33. The van der Waals surface area contributed by atoms with E-state index in [1.54, 1.807) is 0 Å². The monoisotopic (exact) mass is 281 g/mol. The molecule has 1 heterocycles. The molecule has 19 heavy (non-hydrogen) atoms. The number of hydrogen-bond donors (Lipinski definition) is 2. The van der Waals surface area contributed by atoms with Crippen LogP contribution in [0.25, 0.3) is 0 Å². The number of halogens is 1. The second-order valence-electron chi connectivity index (χ2n) is 5.16. The van der Waals surface area contributed by atoms with Crippen molar-refractivity contribution in [1.82, 2.24) is 0 Å². The van der Waals surface area contributed by atoms with Crippen molar-refractivity contribution in [2.45, 2.75) is 25.8 Å². The zero-order valence-electron chi connectivity index (χ0n) is 11.1. The van der Waals surface area contributed by atoms with Gasteiger partial charge >= 0.3 is 0 Å². The highest BCUT2D eigenvalue weighted by molar-refractivity contribution is 6.33. The molecule has 1 amide bonds. The van der Waals surface area contributed by atoms with E-state index in [1.807, 2.05) is 25.1 Å². The molecular formula is C14H20ClN3O. The summed E-state index contributed by atoms with van der Waals surface area (Å²) in [5, 5.41) is 0.715. The fraction of sp³-hybridized carbons (Fsp3) is 0.500. The van der Waals surface area contributed by atoms with Gasteiger partial charge in [-0.1, -0.05) is 17.7 Å². The van der Waals surface area contributed by atoms with Crippen molar-refractivity contribution >= 4 is 23.2 Å². The third-order valence-electron chi connectivity index (χ3n) is 3.74. The molecule has 4 N–H and O–H groups in total. The van der Waals surface area contributed by atoms with Crippen LogP contribution in [0.15, 0.2) is 18.2 Å². The zero-order valence-corrected chi connectivity index (χ0v) is 11.9. The van der Waals surface area contributed by atoms with E-state index in [1.165, 1.54) is 0 Å². The van der Waals surface area contributed by atoms with Crippen LogP contribution in [0.4, 0.5) is 5.69 Å². The Hall–Kier alpha value is -1.26. The lowest BCUT2D eigenvalue weighted by molar-refractivity contribution is -0.122. The number of primary amides is 1. The Bertz CT molecular complexity index is 468. The van der Waals surface area contributed by atoms with Gasteiger partial charge in [0.1, 0.15) is 0 Å². The van der Waals surface area contributed by atoms with Gasteiger partial charge in [-0.2, -0.15) is 0 Å². The van der Waals surface area contributed by atoms with Gasteiger partial charge in [0.2, 0.25) is 5.91 Å². The van der Waals surface area contributed by atoms with Crippen LogP contribution in [-0.2, 0) is 4.79 Å². The van der Waals surface area contributed by atoms with Gasteiger partial charge in [-0.25, -0.2) is 0 Å². The Balaban J connectivity index is 2.09. The fourth-order valence-corrected chi connectivity index (χ4v) is 2.78. The Morgan fingerprint density at radius 3 is 2.53 bits per heavy atom. The summed E-state index contributed by atoms with van der Waals surface area (Å²) in [4.78, 5) is 13.3. The second-order valence-corrected chi connectivity index (χ2v) is 5.57. The summed E-state index contributed by atoms with van der Waals surface area (Å²) in [7, 11) is 0. The van der Waals surface area contributed by atoms with Crippen LogP contribution in [0.5, 0.6) is 0 Å². The molecule has 0 bridgehead atoms. The van der Waals surface area contributed by atoms with Gasteiger partial charge in [0.15, 0.2) is 0 Å². The number of hydrogen-bond acceptors (Lipinski definition) is 3. The number of benzene rings is 1. The van der Waals surface area contributed by atoms with E-state index in [0.29, 0.717) is 5.02 Å². The Morgan fingerprint density at radius 1 is 1.42 bits per heavy atom. The molecule has 1 aromatic carbocycles. The highest BCUT2D eigenvalue weighted by atomic mass is 35.5. The van der Waals surface area contributed by atoms with E-state index < -0.39 is 0 Å². The molecule has 1 aliphatic heterocycles. The van der Waals surface area contributed by atoms with Gasteiger partial charge in [0.05, 0.1) is 10.7 Å². The average molecular weight is 282 g/mol. The van der Waals surface area contributed by atoms with Gasteiger partial charge in [0.25, 0.3) is 0 Å². The van der Waals surface area contributed by atoms with Gasteiger partial charge < -0.3 is 16.4 Å². The quantitative estimate of drug-likeness (QED) is 0.891. The molecule has 2 rings (SSSR count). The first-order valence-electron chi connectivity index (χ1n) is 6.58. The van der Waals surface area contributed by atoms with E-state index in [4.69, 9.17) is 23.1 Å². The molecule has 0 spiro atoms. The molecule has 0 aromatic heterocycles. The van der Waals surface area contributed by atoms with Crippen molar-refractivity contribution in [2.75, 3.05) is 18.0 Å². The summed E-state index contributed by atoms with van der Waals surface area (Å²) in [6.45, 7) is 3.55. The van der Waals surface area contributed by atoms with Crippen molar-refractivity contribution in [3.63, 3.8) is 0 Å². The molecule has 4 nitrogen and oxygen atoms in total. The number of anilines is 1. The lowest BCUT2D eigenvalue weighted by atomic mass is 9.96. The number of nitrogens with two attached hydrogens (primary N) is 2. The minimum atomic E-state index is -0.196. The first-order valence-corrected chi connectivity index (χ1v) is 6.96. The van der Waals surface area contributed by atoms with Crippen LogP contribution in [0.3, 0.4) is 0 Å². The molecule has 104 valence electrons.